The van der Waals surface area contributed by atoms with Crippen molar-refractivity contribution >= 4 is 56.7 Å². The van der Waals surface area contributed by atoms with Crippen molar-refractivity contribution in [3.8, 4) is 6.07 Å². The fourth-order valence-electron chi connectivity index (χ4n) is 6.74. The average molecular weight is 706 g/mol. The zero-order chi connectivity index (χ0) is 34.9. The van der Waals surface area contributed by atoms with Gasteiger partial charge in [-0.2, -0.15) is 5.26 Å². The van der Waals surface area contributed by atoms with Crippen molar-refractivity contribution in [3.63, 3.8) is 0 Å². The van der Waals surface area contributed by atoms with E-state index in [1.807, 2.05) is 24.4 Å². The van der Waals surface area contributed by atoms with Gasteiger partial charge in [-0.05, 0) is 36.1 Å². The van der Waals surface area contributed by atoms with E-state index in [0.717, 1.165) is 99.9 Å². The van der Waals surface area contributed by atoms with E-state index in [9.17, 15) is 10.1 Å². The van der Waals surface area contributed by atoms with Crippen molar-refractivity contribution in [2.45, 2.75) is 25.9 Å². The number of benzene rings is 2. The Bertz CT molecular complexity index is 1990. The molecule has 0 bridgehead atoms. The van der Waals surface area contributed by atoms with Gasteiger partial charge < -0.3 is 26.3 Å². The van der Waals surface area contributed by atoms with Crippen molar-refractivity contribution in [2.24, 2.45) is 5.73 Å². The zero-order valence-electron chi connectivity index (χ0n) is 28.1. The van der Waals surface area contributed by atoms with Gasteiger partial charge in [0.1, 0.15) is 26.0 Å². The molecule has 2 aliphatic heterocycles. The molecule has 7 rings (SSSR count). The lowest BCUT2D eigenvalue weighted by molar-refractivity contribution is 0.100. The van der Waals surface area contributed by atoms with E-state index in [4.69, 9.17) is 23.7 Å². The maximum absolute atomic E-state index is 11.7. The van der Waals surface area contributed by atoms with Crippen LogP contribution in [-0.2, 0) is 13.1 Å². The molecule has 2 fully saturated rings. The average Bonchev–Trinajstić information content (AvgIpc) is 3.27. The minimum Gasteiger partial charge on any atom is -0.397 e. The van der Waals surface area contributed by atoms with E-state index in [2.05, 4.69) is 90.2 Å². The summed E-state index contributed by atoms with van der Waals surface area (Å²) < 4.78 is 0.524. The number of aromatic nitrogens is 2. The van der Waals surface area contributed by atoms with Crippen LogP contribution in [0, 0.1) is 16.0 Å². The number of carbonyl (C=O) groups is 1. The Balaban J connectivity index is 0.000000175. The number of aromatic amines is 1. The molecule has 1 amide bonds. The number of thiophene rings is 1. The molecular formula is C38H43N9OS2. The van der Waals surface area contributed by atoms with Gasteiger partial charge in [0.15, 0.2) is 0 Å². The van der Waals surface area contributed by atoms with Gasteiger partial charge in [-0.25, -0.2) is 4.98 Å². The van der Waals surface area contributed by atoms with Crippen LogP contribution < -0.4 is 21.3 Å². The molecule has 0 atom stereocenters. The van der Waals surface area contributed by atoms with Crippen LogP contribution in [0.5, 0.6) is 0 Å². The van der Waals surface area contributed by atoms with Crippen molar-refractivity contribution in [3.05, 3.63) is 111 Å². The summed E-state index contributed by atoms with van der Waals surface area (Å²) in [6, 6.07) is 27.3. The van der Waals surface area contributed by atoms with Gasteiger partial charge in [-0.15, -0.1) is 11.3 Å². The quantitative estimate of drug-likeness (QED) is 0.174. The Morgan fingerprint density at radius 2 is 1.40 bits per heavy atom. The summed E-state index contributed by atoms with van der Waals surface area (Å²) in [5, 5.41) is 10.2. The van der Waals surface area contributed by atoms with Crippen LogP contribution in [0.1, 0.15) is 39.2 Å². The minimum atomic E-state index is -0.494. The number of fused-ring (bicyclic) bond motifs is 1. The first kappa shape index (κ1) is 35.0. The van der Waals surface area contributed by atoms with Gasteiger partial charge in [-0.3, -0.25) is 14.6 Å². The van der Waals surface area contributed by atoms with Gasteiger partial charge >= 0.3 is 0 Å². The standard InChI is InChI=1S/C20H23N5OS.C18H20N4S/c21-17-16-15(7-8-23-20(16)27-18(17)19(22)26)25-10-4-9-24(11-12-25)13-14-5-2-1-3-6-14;19-13-16-17(7-8-20-18(16)23)22-10-4-9-21(11-12-22)14-15-5-2-1-3-6-15/h1-3,5-8H,4,9-13,21H2,(H2,22,26);1-3,5-8H,4,9-12,14H2,(H,20,23). The van der Waals surface area contributed by atoms with E-state index in [1.165, 1.54) is 22.5 Å². The number of amides is 1. The van der Waals surface area contributed by atoms with E-state index >= 15 is 0 Å². The van der Waals surface area contributed by atoms with Crippen molar-refractivity contribution in [1.82, 2.24) is 19.8 Å². The number of pyridine rings is 2. The fourth-order valence-corrected chi connectivity index (χ4v) is 7.89. The zero-order valence-corrected chi connectivity index (χ0v) is 29.8. The summed E-state index contributed by atoms with van der Waals surface area (Å²) in [5.74, 6) is -0.494. The molecule has 50 heavy (non-hydrogen) atoms. The van der Waals surface area contributed by atoms with Crippen molar-refractivity contribution in [1.29, 1.82) is 5.26 Å². The SMILES string of the molecule is N#Cc1c(N2CCCN(Cc3ccccc3)CC2)cc[nH]c1=S.NC(=O)c1sc2nccc(N3CCCN(Cc4ccccc4)CC3)c2c1N. The Labute approximate surface area is 302 Å². The molecule has 0 aliphatic carbocycles. The monoisotopic (exact) mass is 705 g/mol. The summed E-state index contributed by atoms with van der Waals surface area (Å²) in [5.41, 5.74) is 17.4. The van der Waals surface area contributed by atoms with E-state index in [0.29, 0.717) is 20.8 Å². The molecule has 2 aliphatic rings. The normalized spacial score (nSPS) is 15.8. The number of H-pyrrole nitrogens is 1. The largest absolute Gasteiger partial charge is 0.397 e. The smallest absolute Gasteiger partial charge is 0.260 e. The third-order valence-electron chi connectivity index (χ3n) is 9.24. The summed E-state index contributed by atoms with van der Waals surface area (Å²) in [4.78, 5) is 29.7. The number of nitrogens with one attached hydrogen (secondary N) is 1. The maximum Gasteiger partial charge on any atom is 0.260 e. The second-order valence-corrected chi connectivity index (χ2v) is 14.0. The summed E-state index contributed by atoms with van der Waals surface area (Å²) >= 11 is 6.51. The molecule has 0 saturated carbocycles. The maximum atomic E-state index is 11.7. The van der Waals surface area contributed by atoms with Crippen LogP contribution in [0.2, 0.25) is 0 Å². The topological polar surface area (TPSA) is 135 Å². The number of nitriles is 1. The molecule has 0 unspecified atom stereocenters. The molecular weight excluding hydrogens is 663 g/mol. The number of hydrogen-bond donors (Lipinski definition) is 3. The number of nitrogen functional groups attached to an aromatic ring is 1. The Morgan fingerprint density at radius 1 is 0.820 bits per heavy atom. The Hall–Kier alpha value is -4.80. The van der Waals surface area contributed by atoms with Gasteiger partial charge in [0.05, 0.1) is 22.4 Å². The summed E-state index contributed by atoms with van der Waals surface area (Å²) in [6.07, 6.45) is 5.77. The fraction of sp³-hybridized carbons (Fsp3) is 0.316. The predicted molar refractivity (Wildman–Crippen MR) is 206 cm³/mol. The number of hydrogen-bond acceptors (Lipinski definition) is 10. The van der Waals surface area contributed by atoms with Crippen LogP contribution in [0.3, 0.4) is 0 Å². The third kappa shape index (κ3) is 8.49. The molecule has 10 nitrogen and oxygen atoms in total. The first-order valence-electron chi connectivity index (χ1n) is 17.0. The summed E-state index contributed by atoms with van der Waals surface area (Å²) in [6.45, 7) is 9.79. The molecule has 5 N–H and O–H groups in total. The predicted octanol–water partition coefficient (Wildman–Crippen LogP) is 6.02. The second kappa shape index (κ2) is 16.7. The van der Waals surface area contributed by atoms with E-state index < -0.39 is 5.91 Å². The molecule has 5 aromatic rings. The molecule has 0 radical (unpaired) electrons. The van der Waals surface area contributed by atoms with E-state index in [1.54, 1.807) is 6.20 Å². The highest BCUT2D eigenvalue weighted by Gasteiger charge is 2.23. The number of carbonyl (C=O) groups excluding carboxylic acids is 1. The van der Waals surface area contributed by atoms with Crippen LogP contribution in [0.15, 0.2) is 85.2 Å². The number of rotatable bonds is 7. The van der Waals surface area contributed by atoms with Gasteiger partial charge in [0.25, 0.3) is 5.91 Å². The highest BCUT2D eigenvalue weighted by molar-refractivity contribution is 7.71. The van der Waals surface area contributed by atoms with Gasteiger partial charge in [0, 0.05) is 77.8 Å². The molecule has 3 aromatic heterocycles. The minimum absolute atomic E-state index is 0.394. The lowest BCUT2D eigenvalue weighted by Crippen LogP contribution is -2.31. The summed E-state index contributed by atoms with van der Waals surface area (Å²) in [7, 11) is 0. The Morgan fingerprint density at radius 3 is 1.96 bits per heavy atom. The van der Waals surface area contributed by atoms with E-state index in [-0.39, 0.29) is 0 Å². The van der Waals surface area contributed by atoms with Crippen LogP contribution in [0.25, 0.3) is 10.2 Å². The van der Waals surface area contributed by atoms with Crippen molar-refractivity contribution < 1.29 is 4.79 Å². The first-order chi connectivity index (χ1) is 24.4. The van der Waals surface area contributed by atoms with Crippen molar-refractivity contribution in [2.75, 3.05) is 67.9 Å². The lowest BCUT2D eigenvalue weighted by atomic mass is 10.2. The van der Waals surface area contributed by atoms with Crippen LogP contribution >= 0.6 is 23.6 Å². The molecule has 258 valence electrons. The van der Waals surface area contributed by atoms with Gasteiger partial charge in [-0.1, -0.05) is 72.9 Å². The number of primary amides is 1. The van der Waals surface area contributed by atoms with Crippen LogP contribution in [-0.4, -0.2) is 78.0 Å². The highest BCUT2D eigenvalue weighted by Crippen LogP contribution is 2.38. The third-order valence-corrected chi connectivity index (χ3v) is 10.7. The number of nitrogens with zero attached hydrogens (tertiary/aromatic N) is 6. The molecule has 0 spiro atoms. The molecule has 12 heteroatoms. The first-order valence-corrected chi connectivity index (χ1v) is 18.2. The molecule has 2 aromatic carbocycles. The van der Waals surface area contributed by atoms with Gasteiger partial charge in [0.2, 0.25) is 0 Å². The van der Waals surface area contributed by atoms with Crippen LogP contribution in [0.4, 0.5) is 17.1 Å². The highest BCUT2D eigenvalue weighted by atomic mass is 32.1. The second-order valence-electron chi connectivity index (χ2n) is 12.6. The Kier molecular flexibility index (Phi) is 11.7. The number of anilines is 3. The number of nitrogens with two attached hydrogens (primary N) is 2. The molecule has 2 saturated heterocycles. The molecule has 5 heterocycles. The lowest BCUT2D eigenvalue weighted by Gasteiger charge is -2.24.